The van der Waals surface area contributed by atoms with Crippen molar-refractivity contribution in [3.05, 3.63) is 72.1 Å². The number of nitrogens with one attached hydrogen (secondary N) is 2. The number of halogens is 3. The van der Waals surface area contributed by atoms with Crippen molar-refractivity contribution < 1.29 is 18.3 Å². The molecule has 2 aromatic heterocycles. The van der Waals surface area contributed by atoms with Crippen molar-refractivity contribution in [1.82, 2.24) is 19.5 Å². The lowest BCUT2D eigenvalue weighted by Crippen LogP contribution is -2.29. The van der Waals surface area contributed by atoms with E-state index in [2.05, 4.69) is 20.6 Å². The van der Waals surface area contributed by atoms with Crippen molar-refractivity contribution >= 4 is 28.6 Å². The number of nitrogens with zero attached hydrogens (tertiary/aromatic N) is 4. The summed E-state index contributed by atoms with van der Waals surface area (Å²) < 4.78 is 40.6. The number of aliphatic hydroxyl groups is 1. The molecule has 0 saturated heterocycles. The highest BCUT2D eigenvalue weighted by atomic mass is 19.4. The van der Waals surface area contributed by atoms with E-state index in [9.17, 15) is 18.3 Å². The Morgan fingerprint density at radius 3 is 2.34 bits per heavy atom. The third-order valence-corrected chi connectivity index (χ3v) is 6.16. The molecule has 7 nitrogen and oxygen atoms in total. The summed E-state index contributed by atoms with van der Waals surface area (Å²) in [5, 5.41) is 16.5. The van der Waals surface area contributed by atoms with E-state index >= 15 is 0 Å². The number of aromatic nitrogens is 4. The zero-order chi connectivity index (χ0) is 24.4. The van der Waals surface area contributed by atoms with Gasteiger partial charge in [0.25, 0.3) is 0 Å². The van der Waals surface area contributed by atoms with Gasteiger partial charge in [-0.15, -0.1) is 0 Å². The van der Waals surface area contributed by atoms with E-state index in [4.69, 9.17) is 4.98 Å². The summed E-state index contributed by atoms with van der Waals surface area (Å²) in [6, 6.07) is 14.8. The van der Waals surface area contributed by atoms with Crippen LogP contribution in [0, 0.1) is 0 Å². The number of hydrogen-bond donors (Lipinski definition) is 3. The lowest BCUT2D eigenvalue weighted by molar-refractivity contribution is -0.137. The fraction of sp³-hybridized carbons (Fsp3) is 0.320. The summed E-state index contributed by atoms with van der Waals surface area (Å²) in [5.41, 5.74) is 1.99. The van der Waals surface area contributed by atoms with E-state index in [0.29, 0.717) is 35.0 Å². The van der Waals surface area contributed by atoms with Gasteiger partial charge < -0.3 is 20.3 Å². The monoisotopic (exact) mass is 482 g/mol. The molecule has 0 radical (unpaired) electrons. The topological polar surface area (TPSA) is 87.9 Å². The Labute approximate surface area is 200 Å². The maximum Gasteiger partial charge on any atom is 0.416 e. The van der Waals surface area contributed by atoms with Crippen LogP contribution in [0.4, 0.5) is 30.6 Å². The normalized spacial score (nSPS) is 18.5. The Hall–Kier alpha value is -3.66. The van der Waals surface area contributed by atoms with Crippen LogP contribution in [0.15, 0.2) is 60.9 Å². The summed E-state index contributed by atoms with van der Waals surface area (Å²) in [7, 11) is 0. The van der Waals surface area contributed by atoms with Crippen molar-refractivity contribution in [2.24, 2.45) is 0 Å². The van der Waals surface area contributed by atoms with Crippen molar-refractivity contribution in [3.8, 4) is 0 Å². The fourth-order valence-corrected chi connectivity index (χ4v) is 4.27. The molecule has 4 aromatic rings. The molecule has 2 aromatic carbocycles. The number of anilines is 3. The largest absolute Gasteiger partial charge is 0.416 e. The molecule has 0 bridgehead atoms. The first-order chi connectivity index (χ1) is 16.8. The quantitative estimate of drug-likeness (QED) is 0.343. The van der Waals surface area contributed by atoms with Gasteiger partial charge in [-0.3, -0.25) is 0 Å². The van der Waals surface area contributed by atoms with Crippen LogP contribution in [0.25, 0.3) is 11.2 Å². The van der Waals surface area contributed by atoms with Crippen LogP contribution in [0.1, 0.15) is 36.8 Å². The van der Waals surface area contributed by atoms with Crippen molar-refractivity contribution in [2.45, 2.75) is 50.6 Å². The van der Waals surface area contributed by atoms with Gasteiger partial charge in [0.05, 0.1) is 24.5 Å². The molecule has 0 amide bonds. The minimum Gasteiger partial charge on any atom is -0.393 e. The van der Waals surface area contributed by atoms with Crippen LogP contribution in [-0.2, 0) is 12.7 Å². The minimum atomic E-state index is -4.37. The number of para-hydroxylation sites is 1. The van der Waals surface area contributed by atoms with E-state index in [1.54, 1.807) is 10.9 Å². The number of imidazole rings is 1. The fourth-order valence-electron chi connectivity index (χ4n) is 4.27. The van der Waals surface area contributed by atoms with Crippen molar-refractivity contribution in [3.63, 3.8) is 0 Å². The molecule has 1 saturated carbocycles. The second-order valence-electron chi connectivity index (χ2n) is 8.78. The van der Waals surface area contributed by atoms with Crippen LogP contribution in [-0.4, -0.2) is 36.8 Å². The molecule has 1 fully saturated rings. The number of rotatable bonds is 6. The summed E-state index contributed by atoms with van der Waals surface area (Å²) >= 11 is 0. The first-order valence-corrected chi connectivity index (χ1v) is 11.5. The van der Waals surface area contributed by atoms with Crippen LogP contribution in [0.2, 0.25) is 0 Å². The van der Waals surface area contributed by atoms with Gasteiger partial charge in [-0.2, -0.15) is 23.1 Å². The van der Waals surface area contributed by atoms with Crippen LogP contribution >= 0.6 is 0 Å². The Morgan fingerprint density at radius 1 is 0.943 bits per heavy atom. The Kier molecular flexibility index (Phi) is 6.29. The summed E-state index contributed by atoms with van der Waals surface area (Å²) in [6.07, 6.45) is 0.0533. The third-order valence-electron chi connectivity index (χ3n) is 6.16. The van der Waals surface area contributed by atoms with Gasteiger partial charge in [0, 0.05) is 11.7 Å². The molecule has 35 heavy (non-hydrogen) atoms. The lowest BCUT2D eigenvalue weighted by atomic mass is 9.93. The number of fused-ring (bicyclic) bond motifs is 1. The predicted octanol–water partition coefficient (Wildman–Crippen LogP) is 5.35. The average molecular weight is 483 g/mol. The average Bonchev–Trinajstić information content (AvgIpc) is 3.24. The maximum absolute atomic E-state index is 12.9. The molecule has 2 heterocycles. The highest BCUT2D eigenvalue weighted by Crippen LogP contribution is 2.30. The highest BCUT2D eigenvalue weighted by molar-refractivity contribution is 5.86. The Bertz CT molecular complexity index is 1280. The van der Waals surface area contributed by atoms with Crippen molar-refractivity contribution in [1.29, 1.82) is 0 Å². The van der Waals surface area contributed by atoms with Crippen LogP contribution in [0.5, 0.6) is 0 Å². The summed E-state index contributed by atoms with van der Waals surface area (Å²) in [5.74, 6) is 0.970. The molecule has 1 aliphatic carbocycles. The summed E-state index contributed by atoms with van der Waals surface area (Å²) in [6.45, 7) is 0.311. The molecular formula is C25H25F3N6O. The first kappa shape index (κ1) is 23.1. The number of benzene rings is 2. The van der Waals surface area contributed by atoms with Gasteiger partial charge in [-0.25, -0.2) is 4.98 Å². The molecule has 0 atom stereocenters. The third kappa shape index (κ3) is 5.37. The van der Waals surface area contributed by atoms with Gasteiger partial charge in [-0.05, 0) is 55.5 Å². The van der Waals surface area contributed by atoms with Crippen molar-refractivity contribution in [2.75, 3.05) is 10.6 Å². The van der Waals surface area contributed by atoms with E-state index in [1.165, 1.54) is 12.1 Å². The molecule has 10 heteroatoms. The molecule has 0 spiro atoms. The number of hydrogen-bond acceptors (Lipinski definition) is 6. The van der Waals surface area contributed by atoms with Gasteiger partial charge >= 0.3 is 6.18 Å². The second-order valence-corrected chi connectivity index (χ2v) is 8.78. The zero-order valence-corrected chi connectivity index (χ0v) is 18.8. The molecule has 0 aliphatic heterocycles. The Balaban J connectivity index is 1.47. The SMILES string of the molecule is OC1CCC(Nc2nc(Nc3ccccc3)c3ncn(Cc4ccc(C(F)(F)F)cc4)c3n2)CC1. The van der Waals surface area contributed by atoms with Gasteiger partial charge in [-0.1, -0.05) is 30.3 Å². The standard InChI is InChI=1S/C25H25F3N6O/c26-25(27,28)17-8-6-16(7-9-17)14-34-15-29-21-22(30-18-4-2-1-3-5-18)32-24(33-23(21)34)31-19-10-12-20(35)13-11-19/h1-9,15,19-20,35H,10-14H2,(H2,30,31,32,33). The number of aliphatic hydroxyl groups excluding tert-OH is 1. The molecule has 3 N–H and O–H groups in total. The number of alkyl halides is 3. The van der Waals surface area contributed by atoms with E-state index in [-0.39, 0.29) is 12.1 Å². The second kappa shape index (κ2) is 9.53. The molecule has 0 unspecified atom stereocenters. The lowest BCUT2D eigenvalue weighted by Gasteiger charge is -2.26. The van der Waals surface area contributed by atoms with Gasteiger partial charge in [0.15, 0.2) is 17.0 Å². The van der Waals surface area contributed by atoms with Crippen LogP contribution in [0.3, 0.4) is 0 Å². The zero-order valence-electron chi connectivity index (χ0n) is 18.8. The minimum absolute atomic E-state index is 0.145. The molecule has 182 valence electrons. The Morgan fingerprint density at radius 2 is 1.66 bits per heavy atom. The molecule has 5 rings (SSSR count). The van der Waals surface area contributed by atoms with E-state index in [1.807, 2.05) is 30.3 Å². The highest BCUT2D eigenvalue weighted by Gasteiger charge is 2.30. The first-order valence-electron chi connectivity index (χ1n) is 11.5. The van der Waals surface area contributed by atoms with Crippen LogP contribution < -0.4 is 10.6 Å². The van der Waals surface area contributed by atoms with E-state index < -0.39 is 11.7 Å². The predicted molar refractivity (Wildman–Crippen MR) is 127 cm³/mol. The molecule has 1 aliphatic rings. The van der Waals surface area contributed by atoms with Gasteiger partial charge in [0.2, 0.25) is 5.95 Å². The van der Waals surface area contributed by atoms with Gasteiger partial charge in [0.1, 0.15) is 0 Å². The van der Waals surface area contributed by atoms with E-state index in [0.717, 1.165) is 43.5 Å². The smallest absolute Gasteiger partial charge is 0.393 e. The summed E-state index contributed by atoms with van der Waals surface area (Å²) in [4.78, 5) is 13.9. The maximum atomic E-state index is 12.9. The molecular weight excluding hydrogens is 457 g/mol.